The van der Waals surface area contributed by atoms with Crippen LogP contribution in [0.2, 0.25) is 5.02 Å². The number of halogens is 2. The van der Waals surface area contributed by atoms with Gasteiger partial charge in [0.2, 0.25) is 0 Å². The van der Waals surface area contributed by atoms with E-state index in [2.05, 4.69) is 20.9 Å². The molecule has 0 aliphatic heterocycles. The van der Waals surface area contributed by atoms with Gasteiger partial charge in [0.25, 0.3) is 0 Å². The van der Waals surface area contributed by atoms with Crippen molar-refractivity contribution < 1.29 is 0 Å². The summed E-state index contributed by atoms with van der Waals surface area (Å²) in [4.78, 5) is 4.45. The molecule has 0 unspecified atom stereocenters. The Bertz CT molecular complexity index is 676. The van der Waals surface area contributed by atoms with Gasteiger partial charge in [-0.3, -0.25) is 4.57 Å². The summed E-state index contributed by atoms with van der Waals surface area (Å²) < 4.78 is 2.83. The smallest absolute Gasteiger partial charge is 0.182 e. The van der Waals surface area contributed by atoms with Gasteiger partial charge in [-0.1, -0.05) is 29.8 Å². The van der Waals surface area contributed by atoms with E-state index in [9.17, 15) is 0 Å². The fraction of sp³-hybridized carbons (Fsp3) is 0. The summed E-state index contributed by atoms with van der Waals surface area (Å²) >= 11 is 9.44. The standard InChI is InChI=1S/C13H8BrClN2/c14-13-16-11-8-9(15)6-7-12(11)17(13)10-4-2-1-3-5-10/h1-8H. The van der Waals surface area contributed by atoms with E-state index < -0.39 is 0 Å². The van der Waals surface area contributed by atoms with Crippen LogP contribution in [-0.2, 0) is 0 Å². The van der Waals surface area contributed by atoms with Crippen molar-refractivity contribution in [2.45, 2.75) is 0 Å². The lowest BCUT2D eigenvalue weighted by Crippen LogP contribution is -1.93. The van der Waals surface area contributed by atoms with Gasteiger partial charge in [-0.2, -0.15) is 0 Å². The van der Waals surface area contributed by atoms with Crippen molar-refractivity contribution in [3.8, 4) is 5.69 Å². The molecule has 0 saturated heterocycles. The second kappa shape index (κ2) is 4.17. The Morgan fingerprint density at radius 2 is 1.82 bits per heavy atom. The van der Waals surface area contributed by atoms with E-state index in [1.165, 1.54) is 0 Å². The molecule has 0 spiro atoms. The Morgan fingerprint density at radius 1 is 1.06 bits per heavy atom. The van der Waals surface area contributed by atoms with Gasteiger partial charge >= 0.3 is 0 Å². The average Bonchev–Trinajstić information content (AvgIpc) is 2.65. The van der Waals surface area contributed by atoms with Crippen LogP contribution < -0.4 is 0 Å². The molecule has 2 aromatic carbocycles. The number of fused-ring (bicyclic) bond motifs is 1. The average molecular weight is 308 g/mol. The first-order valence-electron chi connectivity index (χ1n) is 5.14. The third-order valence-corrected chi connectivity index (χ3v) is 3.36. The van der Waals surface area contributed by atoms with Crippen molar-refractivity contribution >= 4 is 38.6 Å². The van der Waals surface area contributed by atoms with E-state index in [0.717, 1.165) is 21.5 Å². The third kappa shape index (κ3) is 1.85. The molecule has 0 aliphatic rings. The molecule has 0 amide bonds. The molecular weight excluding hydrogens is 300 g/mol. The van der Waals surface area contributed by atoms with Crippen LogP contribution >= 0.6 is 27.5 Å². The number of benzene rings is 2. The number of rotatable bonds is 1. The van der Waals surface area contributed by atoms with Crippen molar-refractivity contribution in [1.29, 1.82) is 0 Å². The van der Waals surface area contributed by atoms with Crippen LogP contribution in [-0.4, -0.2) is 9.55 Å². The van der Waals surface area contributed by atoms with Crippen LogP contribution in [0.1, 0.15) is 0 Å². The molecule has 17 heavy (non-hydrogen) atoms. The lowest BCUT2D eigenvalue weighted by molar-refractivity contribution is 1.05. The minimum absolute atomic E-state index is 0.697. The molecule has 0 radical (unpaired) electrons. The molecule has 1 heterocycles. The molecule has 2 nitrogen and oxygen atoms in total. The number of hydrogen-bond donors (Lipinski definition) is 0. The second-order valence-electron chi connectivity index (χ2n) is 3.68. The van der Waals surface area contributed by atoms with Crippen molar-refractivity contribution in [3.05, 3.63) is 58.3 Å². The normalized spacial score (nSPS) is 10.9. The summed E-state index contributed by atoms with van der Waals surface area (Å²) in [6.07, 6.45) is 0. The van der Waals surface area contributed by atoms with Gasteiger partial charge in [0, 0.05) is 10.7 Å². The van der Waals surface area contributed by atoms with Gasteiger partial charge in [-0.05, 0) is 46.3 Å². The first-order chi connectivity index (χ1) is 8.25. The summed E-state index contributed by atoms with van der Waals surface area (Å²) in [6, 6.07) is 15.8. The Morgan fingerprint density at radius 3 is 2.59 bits per heavy atom. The van der Waals surface area contributed by atoms with Gasteiger partial charge in [0.15, 0.2) is 4.73 Å². The van der Waals surface area contributed by atoms with Gasteiger partial charge in [0.05, 0.1) is 11.0 Å². The minimum atomic E-state index is 0.697. The number of para-hydroxylation sites is 1. The Hall–Kier alpha value is -1.32. The van der Waals surface area contributed by atoms with Crippen molar-refractivity contribution in [3.63, 3.8) is 0 Å². The molecule has 0 atom stereocenters. The predicted octanol–water partition coefficient (Wildman–Crippen LogP) is 4.44. The lowest BCUT2D eigenvalue weighted by atomic mass is 10.3. The van der Waals surface area contributed by atoms with E-state index in [4.69, 9.17) is 11.6 Å². The van der Waals surface area contributed by atoms with Gasteiger partial charge in [-0.25, -0.2) is 4.98 Å². The van der Waals surface area contributed by atoms with Gasteiger partial charge in [0.1, 0.15) is 0 Å². The van der Waals surface area contributed by atoms with Crippen LogP contribution in [0.5, 0.6) is 0 Å². The number of nitrogens with zero attached hydrogens (tertiary/aromatic N) is 2. The quantitative estimate of drug-likeness (QED) is 0.650. The lowest BCUT2D eigenvalue weighted by Gasteiger charge is -2.05. The van der Waals surface area contributed by atoms with Gasteiger partial charge in [-0.15, -0.1) is 0 Å². The molecule has 0 bridgehead atoms. The monoisotopic (exact) mass is 306 g/mol. The SMILES string of the molecule is Clc1ccc2c(c1)nc(Br)n2-c1ccccc1. The van der Waals surface area contributed by atoms with Crippen molar-refractivity contribution in [2.75, 3.05) is 0 Å². The summed E-state index contributed by atoms with van der Waals surface area (Å²) in [5.41, 5.74) is 2.99. The zero-order chi connectivity index (χ0) is 11.8. The summed E-state index contributed by atoms with van der Waals surface area (Å²) in [6.45, 7) is 0. The number of aromatic nitrogens is 2. The highest BCUT2D eigenvalue weighted by atomic mass is 79.9. The van der Waals surface area contributed by atoms with Crippen LogP contribution in [0, 0.1) is 0 Å². The predicted molar refractivity (Wildman–Crippen MR) is 73.8 cm³/mol. The van der Waals surface area contributed by atoms with E-state index in [1.54, 1.807) is 0 Å². The maximum atomic E-state index is 5.96. The summed E-state index contributed by atoms with van der Waals surface area (Å²) in [7, 11) is 0. The molecule has 0 aliphatic carbocycles. The fourth-order valence-electron chi connectivity index (χ4n) is 1.85. The van der Waals surface area contributed by atoms with E-state index in [0.29, 0.717) is 5.02 Å². The first-order valence-corrected chi connectivity index (χ1v) is 6.32. The molecular formula is C13H8BrClN2. The van der Waals surface area contributed by atoms with E-state index in [1.807, 2.05) is 53.1 Å². The second-order valence-corrected chi connectivity index (χ2v) is 4.83. The van der Waals surface area contributed by atoms with Crippen LogP contribution in [0.4, 0.5) is 0 Å². The number of imidazole rings is 1. The van der Waals surface area contributed by atoms with Gasteiger partial charge < -0.3 is 0 Å². The highest BCUT2D eigenvalue weighted by molar-refractivity contribution is 9.10. The highest BCUT2D eigenvalue weighted by Crippen LogP contribution is 2.26. The molecule has 0 saturated carbocycles. The molecule has 4 heteroatoms. The maximum absolute atomic E-state index is 5.96. The molecule has 1 aromatic heterocycles. The highest BCUT2D eigenvalue weighted by Gasteiger charge is 2.09. The Kier molecular flexibility index (Phi) is 2.65. The van der Waals surface area contributed by atoms with E-state index >= 15 is 0 Å². The topological polar surface area (TPSA) is 17.8 Å². The van der Waals surface area contributed by atoms with Crippen molar-refractivity contribution in [2.24, 2.45) is 0 Å². The summed E-state index contributed by atoms with van der Waals surface area (Å²) in [5.74, 6) is 0. The molecule has 3 aromatic rings. The van der Waals surface area contributed by atoms with Crippen LogP contribution in [0.25, 0.3) is 16.7 Å². The maximum Gasteiger partial charge on any atom is 0.182 e. The van der Waals surface area contributed by atoms with Crippen molar-refractivity contribution in [1.82, 2.24) is 9.55 Å². The minimum Gasteiger partial charge on any atom is -0.287 e. The molecule has 3 rings (SSSR count). The zero-order valence-electron chi connectivity index (χ0n) is 8.77. The first kappa shape index (κ1) is 10.8. The fourth-order valence-corrected chi connectivity index (χ4v) is 2.60. The third-order valence-electron chi connectivity index (χ3n) is 2.59. The zero-order valence-corrected chi connectivity index (χ0v) is 11.1. The largest absolute Gasteiger partial charge is 0.287 e. The molecule has 84 valence electrons. The van der Waals surface area contributed by atoms with Crippen LogP contribution in [0.3, 0.4) is 0 Å². The molecule has 0 N–H and O–H groups in total. The Labute approximate surface area is 112 Å². The Balaban J connectivity index is 2.33. The van der Waals surface area contributed by atoms with E-state index in [-0.39, 0.29) is 0 Å². The molecule has 0 fully saturated rings. The summed E-state index contributed by atoms with van der Waals surface area (Å²) in [5, 5.41) is 0.697. The number of hydrogen-bond acceptors (Lipinski definition) is 1. The van der Waals surface area contributed by atoms with Crippen LogP contribution in [0.15, 0.2) is 53.3 Å².